The van der Waals surface area contributed by atoms with Gasteiger partial charge in [-0.2, -0.15) is 11.3 Å². The fourth-order valence-electron chi connectivity index (χ4n) is 2.83. The Labute approximate surface area is 168 Å². The molecule has 1 atom stereocenters. The maximum absolute atomic E-state index is 12.5. The molecule has 0 unspecified atom stereocenters. The Morgan fingerprint density at radius 2 is 1.61 bits per heavy atom. The molecule has 6 heteroatoms. The molecular formula is C22H23N3O2S. The van der Waals surface area contributed by atoms with Crippen LogP contribution in [0.5, 0.6) is 0 Å². The molecule has 3 aromatic rings. The molecule has 0 radical (unpaired) electrons. The number of primary amides is 1. The van der Waals surface area contributed by atoms with Crippen molar-refractivity contribution in [3.63, 3.8) is 0 Å². The minimum absolute atomic E-state index is 0.308. The summed E-state index contributed by atoms with van der Waals surface area (Å²) in [6, 6.07) is 18.2. The molecule has 3 rings (SSSR count). The summed E-state index contributed by atoms with van der Waals surface area (Å²) in [5.74, 6) is -0.857. The summed E-state index contributed by atoms with van der Waals surface area (Å²) in [6.45, 7) is 1.53. The lowest BCUT2D eigenvalue weighted by Crippen LogP contribution is -2.45. The summed E-state index contributed by atoms with van der Waals surface area (Å²) < 4.78 is 0. The van der Waals surface area contributed by atoms with Gasteiger partial charge in [0.1, 0.15) is 6.04 Å². The number of carbonyl (C=O) groups is 2. The Morgan fingerprint density at radius 3 is 2.25 bits per heavy atom. The van der Waals surface area contributed by atoms with Crippen LogP contribution in [0, 0.1) is 0 Å². The van der Waals surface area contributed by atoms with E-state index in [0.717, 1.165) is 24.2 Å². The maximum atomic E-state index is 12.5. The quantitative estimate of drug-likeness (QED) is 0.523. The number of hydrogen-bond donors (Lipinski definition) is 3. The first-order valence-electron chi connectivity index (χ1n) is 9.06. The summed E-state index contributed by atoms with van der Waals surface area (Å²) in [7, 11) is 0. The number of thiophene rings is 1. The van der Waals surface area contributed by atoms with Crippen LogP contribution in [0.25, 0.3) is 0 Å². The molecule has 2 amide bonds. The molecule has 0 bridgehead atoms. The molecule has 5 nitrogen and oxygen atoms in total. The van der Waals surface area contributed by atoms with Crippen LogP contribution < -0.4 is 16.4 Å². The molecule has 1 aromatic heterocycles. The van der Waals surface area contributed by atoms with E-state index in [-0.39, 0.29) is 5.91 Å². The van der Waals surface area contributed by atoms with Crippen molar-refractivity contribution in [3.8, 4) is 0 Å². The molecule has 0 saturated carbocycles. The molecule has 1 heterocycles. The van der Waals surface area contributed by atoms with Crippen LogP contribution in [0.3, 0.4) is 0 Å². The van der Waals surface area contributed by atoms with Crippen LogP contribution in [0.15, 0.2) is 71.4 Å². The number of carbonyl (C=O) groups excluding carboxylic acids is 2. The van der Waals surface area contributed by atoms with Crippen molar-refractivity contribution in [1.29, 1.82) is 0 Å². The lowest BCUT2D eigenvalue weighted by molar-refractivity contribution is -0.119. The molecule has 28 heavy (non-hydrogen) atoms. The Bertz CT molecular complexity index is 893. The van der Waals surface area contributed by atoms with Crippen molar-refractivity contribution in [1.82, 2.24) is 10.6 Å². The Kier molecular flexibility index (Phi) is 6.94. The average Bonchev–Trinajstić information content (AvgIpc) is 3.22. The van der Waals surface area contributed by atoms with Crippen molar-refractivity contribution in [3.05, 3.63) is 93.7 Å². The van der Waals surface area contributed by atoms with Gasteiger partial charge in [-0.1, -0.05) is 42.5 Å². The molecular weight excluding hydrogens is 370 g/mol. The average molecular weight is 394 g/mol. The minimum Gasteiger partial charge on any atom is -0.368 e. The standard InChI is InChI=1S/C22H23N3O2S/c23-21(26)20(12-16-4-2-1-3-5-16)25-22(27)19-8-6-17(7-9-19)13-24-14-18-10-11-28-15-18/h1-11,15,20,24H,12-14H2,(H2,23,26)(H,25,27)/t20-/m0/s1. The van der Waals surface area contributed by atoms with Gasteiger partial charge in [0.2, 0.25) is 5.91 Å². The van der Waals surface area contributed by atoms with Gasteiger partial charge in [0.15, 0.2) is 0 Å². The van der Waals surface area contributed by atoms with Crippen LogP contribution in [-0.2, 0) is 24.3 Å². The van der Waals surface area contributed by atoms with Crippen LogP contribution in [0.1, 0.15) is 27.0 Å². The molecule has 0 aliphatic rings. The molecule has 4 N–H and O–H groups in total. The van der Waals surface area contributed by atoms with E-state index in [1.54, 1.807) is 23.5 Å². The number of hydrogen-bond acceptors (Lipinski definition) is 4. The van der Waals surface area contributed by atoms with E-state index in [9.17, 15) is 9.59 Å². The number of amides is 2. The second-order valence-corrected chi connectivity index (χ2v) is 7.33. The molecule has 0 aliphatic heterocycles. The third kappa shape index (κ3) is 5.77. The van der Waals surface area contributed by atoms with E-state index in [1.807, 2.05) is 42.5 Å². The molecule has 0 fully saturated rings. The zero-order valence-electron chi connectivity index (χ0n) is 15.4. The lowest BCUT2D eigenvalue weighted by Gasteiger charge is -2.16. The van der Waals surface area contributed by atoms with Crippen LogP contribution >= 0.6 is 11.3 Å². The van der Waals surface area contributed by atoms with E-state index in [0.29, 0.717) is 12.0 Å². The van der Waals surface area contributed by atoms with Gasteiger partial charge >= 0.3 is 0 Å². The number of benzene rings is 2. The fraction of sp³-hybridized carbons (Fsp3) is 0.182. The normalized spacial score (nSPS) is 11.7. The zero-order valence-corrected chi connectivity index (χ0v) is 16.2. The first-order valence-corrected chi connectivity index (χ1v) is 10.0. The monoisotopic (exact) mass is 393 g/mol. The van der Waals surface area contributed by atoms with Crippen LogP contribution in [0.4, 0.5) is 0 Å². The Hall–Kier alpha value is -2.96. The van der Waals surface area contributed by atoms with Gasteiger partial charge in [0.05, 0.1) is 0 Å². The predicted molar refractivity (Wildman–Crippen MR) is 112 cm³/mol. The molecule has 0 spiro atoms. The highest BCUT2D eigenvalue weighted by atomic mass is 32.1. The smallest absolute Gasteiger partial charge is 0.251 e. The highest BCUT2D eigenvalue weighted by Crippen LogP contribution is 2.09. The highest BCUT2D eigenvalue weighted by molar-refractivity contribution is 7.07. The highest BCUT2D eigenvalue weighted by Gasteiger charge is 2.19. The fourth-order valence-corrected chi connectivity index (χ4v) is 3.50. The summed E-state index contributed by atoms with van der Waals surface area (Å²) in [4.78, 5) is 24.2. The first kappa shape index (κ1) is 19.8. The molecule has 0 aliphatic carbocycles. The van der Waals surface area contributed by atoms with Crippen LogP contribution in [-0.4, -0.2) is 17.9 Å². The van der Waals surface area contributed by atoms with Gasteiger partial charge in [-0.25, -0.2) is 0 Å². The second kappa shape index (κ2) is 9.82. The van der Waals surface area contributed by atoms with E-state index in [1.165, 1.54) is 5.56 Å². The molecule has 2 aromatic carbocycles. The summed E-state index contributed by atoms with van der Waals surface area (Å²) in [5.41, 5.74) is 9.26. The first-order chi connectivity index (χ1) is 13.6. The van der Waals surface area contributed by atoms with Gasteiger partial charge in [-0.15, -0.1) is 0 Å². The summed E-state index contributed by atoms with van der Waals surface area (Å²) in [5, 5.41) is 10.3. The minimum atomic E-state index is -0.748. The predicted octanol–water partition coefficient (Wildman–Crippen LogP) is 2.86. The largest absolute Gasteiger partial charge is 0.368 e. The second-order valence-electron chi connectivity index (χ2n) is 6.55. The molecule has 144 valence electrons. The lowest BCUT2D eigenvalue weighted by atomic mass is 10.0. The van der Waals surface area contributed by atoms with Gasteiger partial charge in [0.25, 0.3) is 5.91 Å². The number of nitrogens with one attached hydrogen (secondary N) is 2. The van der Waals surface area contributed by atoms with E-state index in [4.69, 9.17) is 5.73 Å². The summed E-state index contributed by atoms with van der Waals surface area (Å²) in [6.07, 6.45) is 0.368. The van der Waals surface area contributed by atoms with Crippen LogP contribution in [0.2, 0.25) is 0 Å². The topological polar surface area (TPSA) is 84.2 Å². The van der Waals surface area contributed by atoms with E-state index in [2.05, 4.69) is 27.5 Å². The maximum Gasteiger partial charge on any atom is 0.251 e. The van der Waals surface area contributed by atoms with Gasteiger partial charge in [-0.05, 0) is 45.6 Å². The molecule has 0 saturated heterocycles. The van der Waals surface area contributed by atoms with Crippen molar-refractivity contribution in [2.24, 2.45) is 5.73 Å². The van der Waals surface area contributed by atoms with Crippen molar-refractivity contribution < 1.29 is 9.59 Å². The number of rotatable bonds is 9. The summed E-state index contributed by atoms with van der Waals surface area (Å²) >= 11 is 1.68. The van der Waals surface area contributed by atoms with Crippen molar-refractivity contribution in [2.45, 2.75) is 25.6 Å². The van der Waals surface area contributed by atoms with Gasteiger partial charge in [-0.3, -0.25) is 9.59 Å². The third-order valence-electron chi connectivity index (χ3n) is 4.39. The zero-order chi connectivity index (χ0) is 19.8. The van der Waals surface area contributed by atoms with Crippen molar-refractivity contribution >= 4 is 23.2 Å². The Morgan fingerprint density at radius 1 is 0.893 bits per heavy atom. The SMILES string of the molecule is NC(=O)[C@H](Cc1ccccc1)NC(=O)c1ccc(CNCc2ccsc2)cc1. The Balaban J connectivity index is 1.54. The van der Waals surface area contributed by atoms with Crippen molar-refractivity contribution in [2.75, 3.05) is 0 Å². The van der Waals surface area contributed by atoms with Gasteiger partial charge in [0, 0.05) is 25.1 Å². The number of nitrogens with two attached hydrogens (primary N) is 1. The van der Waals surface area contributed by atoms with Gasteiger partial charge < -0.3 is 16.4 Å². The third-order valence-corrected chi connectivity index (χ3v) is 5.12. The van der Waals surface area contributed by atoms with E-state index >= 15 is 0 Å². The van der Waals surface area contributed by atoms with E-state index < -0.39 is 11.9 Å².